The second kappa shape index (κ2) is 13.7. The van der Waals surface area contributed by atoms with Gasteiger partial charge in [0.15, 0.2) is 0 Å². The molecule has 5 atom stereocenters. The van der Waals surface area contributed by atoms with Gasteiger partial charge in [-0.25, -0.2) is 4.39 Å². The predicted octanol–water partition coefficient (Wildman–Crippen LogP) is 3.05. The maximum absolute atomic E-state index is 14.2. The van der Waals surface area contributed by atoms with E-state index in [2.05, 4.69) is 46.2 Å². The number of anilines is 2. The molecule has 2 aromatic rings. The number of ether oxygens (including phenoxy) is 2. The molecular weight excluding hydrogens is 551 g/mol. The van der Waals surface area contributed by atoms with E-state index in [1.54, 1.807) is 24.0 Å². The van der Waals surface area contributed by atoms with Crippen molar-refractivity contribution in [3.05, 3.63) is 47.3 Å². The first-order valence-corrected chi connectivity index (χ1v) is 15.5. The molecule has 1 aromatic heterocycles. The van der Waals surface area contributed by atoms with Crippen LogP contribution < -0.4 is 20.3 Å². The van der Waals surface area contributed by atoms with E-state index in [9.17, 15) is 14.0 Å². The first-order chi connectivity index (χ1) is 20.6. The van der Waals surface area contributed by atoms with Crippen molar-refractivity contribution >= 4 is 23.3 Å². The third kappa shape index (κ3) is 7.34. The van der Waals surface area contributed by atoms with Crippen LogP contribution in [0.2, 0.25) is 0 Å². The van der Waals surface area contributed by atoms with E-state index in [0.717, 1.165) is 44.0 Å². The molecule has 0 bridgehead atoms. The molecule has 0 spiro atoms. The van der Waals surface area contributed by atoms with Crippen molar-refractivity contribution in [3.63, 3.8) is 0 Å². The number of carbonyl (C=O) groups excluding carboxylic acids is 2. The monoisotopic (exact) mass is 596 g/mol. The van der Waals surface area contributed by atoms with Crippen LogP contribution in [0.5, 0.6) is 5.88 Å². The van der Waals surface area contributed by atoms with E-state index in [4.69, 9.17) is 9.47 Å². The largest absolute Gasteiger partial charge is 0.474 e. The number of morpholine rings is 1. The van der Waals surface area contributed by atoms with Gasteiger partial charge in [0.1, 0.15) is 23.9 Å². The average Bonchev–Trinajstić information content (AvgIpc) is 2.97. The molecule has 2 N–H and O–H groups in total. The minimum atomic E-state index is -0.316. The minimum Gasteiger partial charge on any atom is -0.474 e. The van der Waals surface area contributed by atoms with Gasteiger partial charge in [-0.1, -0.05) is 19.1 Å². The first-order valence-electron chi connectivity index (χ1n) is 15.5. The molecule has 10 nitrogen and oxygen atoms in total. The summed E-state index contributed by atoms with van der Waals surface area (Å²) in [4.78, 5) is 37.8. The second-order valence-electron chi connectivity index (χ2n) is 12.3. The van der Waals surface area contributed by atoms with E-state index in [1.165, 1.54) is 12.1 Å². The molecule has 5 rings (SSSR count). The predicted molar refractivity (Wildman–Crippen MR) is 164 cm³/mol. The number of fused-ring (bicyclic) bond motifs is 1. The van der Waals surface area contributed by atoms with Crippen molar-refractivity contribution < 1.29 is 23.5 Å². The summed E-state index contributed by atoms with van der Waals surface area (Å²) in [6.07, 6.45) is 0.702. The van der Waals surface area contributed by atoms with Gasteiger partial charge in [-0.3, -0.25) is 19.4 Å². The van der Waals surface area contributed by atoms with E-state index < -0.39 is 0 Å². The van der Waals surface area contributed by atoms with Crippen molar-refractivity contribution in [2.45, 2.75) is 77.7 Å². The minimum absolute atomic E-state index is 0.0147. The van der Waals surface area contributed by atoms with Crippen LogP contribution in [0, 0.1) is 5.82 Å². The lowest BCUT2D eigenvalue weighted by molar-refractivity contribution is -0.122. The lowest BCUT2D eigenvalue weighted by Gasteiger charge is -2.46. The van der Waals surface area contributed by atoms with E-state index >= 15 is 0 Å². The molecule has 0 radical (unpaired) electrons. The van der Waals surface area contributed by atoms with Crippen LogP contribution in [0.4, 0.5) is 15.9 Å². The maximum Gasteiger partial charge on any atom is 0.241 e. The molecule has 3 aliphatic rings. The maximum atomic E-state index is 14.2. The molecule has 2 fully saturated rings. The highest BCUT2D eigenvalue weighted by atomic mass is 19.1. The van der Waals surface area contributed by atoms with Gasteiger partial charge < -0.3 is 25.0 Å². The van der Waals surface area contributed by atoms with Crippen LogP contribution in [0.15, 0.2) is 30.3 Å². The Kier molecular flexibility index (Phi) is 9.95. The summed E-state index contributed by atoms with van der Waals surface area (Å²) in [5, 5.41) is 6.49. The Morgan fingerprint density at radius 2 is 1.79 bits per heavy atom. The number of aromatic nitrogens is 1. The Balaban J connectivity index is 1.41. The summed E-state index contributed by atoms with van der Waals surface area (Å²) in [7, 11) is 0. The normalized spacial score (nSPS) is 26.5. The van der Waals surface area contributed by atoms with E-state index in [1.807, 2.05) is 13.0 Å². The smallest absolute Gasteiger partial charge is 0.241 e. The molecule has 3 aliphatic heterocycles. The second-order valence-corrected chi connectivity index (χ2v) is 12.3. The third-order valence-electron chi connectivity index (χ3n) is 8.70. The van der Waals surface area contributed by atoms with Gasteiger partial charge in [-0.05, 0) is 51.5 Å². The standard InChI is InChI=1S/C32H45FN6O4/c1-6-29(40)35-31-25(11-24-7-9-26(33)10-8-24)12-28-32(36-31)43-19-23(5)39(28)30(41)16-37-14-20(2)34-13-27(37)15-38-21(3)17-42-18-22(38)4/h7-10,12,20-23,27,34H,6,11,13-19H2,1-5H3,(H,35,36,40)/t20-,21-,22-,23+,27-/m1/s1. The highest BCUT2D eigenvalue weighted by molar-refractivity contribution is 5.98. The lowest BCUT2D eigenvalue weighted by Crippen LogP contribution is -2.63. The van der Waals surface area contributed by atoms with Crippen molar-refractivity contribution in [1.82, 2.24) is 20.1 Å². The molecule has 234 valence electrons. The number of pyridine rings is 1. The van der Waals surface area contributed by atoms with Crippen molar-refractivity contribution in [1.29, 1.82) is 0 Å². The number of hydrogen-bond donors (Lipinski definition) is 2. The zero-order valence-corrected chi connectivity index (χ0v) is 25.9. The van der Waals surface area contributed by atoms with Crippen LogP contribution in [0.3, 0.4) is 0 Å². The van der Waals surface area contributed by atoms with Gasteiger partial charge >= 0.3 is 0 Å². The number of halogens is 1. The SMILES string of the molecule is CCC(=O)Nc1nc2c(cc1Cc1ccc(F)cc1)N(C(=O)CN1C[C@@H](C)NC[C@@H]1CN1[C@H](C)COC[C@H]1C)[C@@H](C)CO2. The zero-order valence-electron chi connectivity index (χ0n) is 25.9. The Morgan fingerprint density at radius 1 is 1.07 bits per heavy atom. The van der Waals surface area contributed by atoms with E-state index in [0.29, 0.717) is 48.9 Å². The number of hydrogen-bond acceptors (Lipinski definition) is 8. The van der Waals surface area contributed by atoms with Gasteiger partial charge in [0.25, 0.3) is 0 Å². The number of carbonyl (C=O) groups is 2. The zero-order chi connectivity index (χ0) is 30.7. The highest BCUT2D eigenvalue weighted by Crippen LogP contribution is 2.37. The lowest BCUT2D eigenvalue weighted by atomic mass is 10.0. The Bertz CT molecular complexity index is 1280. The van der Waals surface area contributed by atoms with Crippen LogP contribution in [-0.2, 0) is 20.7 Å². The number of piperazine rings is 1. The van der Waals surface area contributed by atoms with Gasteiger partial charge in [0.2, 0.25) is 17.7 Å². The molecule has 2 saturated heterocycles. The molecule has 0 saturated carbocycles. The number of benzene rings is 1. The van der Waals surface area contributed by atoms with Crippen LogP contribution in [0.1, 0.15) is 52.2 Å². The van der Waals surface area contributed by atoms with Crippen molar-refractivity contribution in [2.24, 2.45) is 0 Å². The molecule has 1 aromatic carbocycles. The van der Waals surface area contributed by atoms with Crippen molar-refractivity contribution in [2.75, 3.05) is 56.2 Å². The summed E-state index contributed by atoms with van der Waals surface area (Å²) in [5.41, 5.74) is 2.18. The van der Waals surface area contributed by atoms with Crippen LogP contribution in [0.25, 0.3) is 0 Å². The number of nitrogens with zero attached hydrogens (tertiary/aromatic N) is 4. The fourth-order valence-electron chi connectivity index (χ4n) is 6.28. The summed E-state index contributed by atoms with van der Waals surface area (Å²) in [6, 6.07) is 9.03. The fourth-order valence-corrected chi connectivity index (χ4v) is 6.28. The number of amides is 2. The summed E-state index contributed by atoms with van der Waals surface area (Å²) in [5.74, 6) is 0.208. The molecule has 11 heteroatoms. The molecule has 0 aliphatic carbocycles. The van der Waals surface area contributed by atoms with E-state index in [-0.39, 0.29) is 42.3 Å². The van der Waals surface area contributed by atoms with Gasteiger partial charge in [0, 0.05) is 62.2 Å². The summed E-state index contributed by atoms with van der Waals surface area (Å²) < 4.78 is 25.3. The quantitative estimate of drug-likeness (QED) is 0.480. The Hall–Kier alpha value is -3.12. The van der Waals surface area contributed by atoms with Gasteiger partial charge in [-0.2, -0.15) is 4.98 Å². The van der Waals surface area contributed by atoms with Gasteiger partial charge in [0.05, 0.1) is 25.8 Å². The topological polar surface area (TPSA) is 99.3 Å². The Labute approximate surface area is 253 Å². The fraction of sp³-hybridized carbons (Fsp3) is 0.594. The van der Waals surface area contributed by atoms with Crippen LogP contribution >= 0.6 is 0 Å². The molecule has 0 unspecified atom stereocenters. The molecule has 43 heavy (non-hydrogen) atoms. The Morgan fingerprint density at radius 3 is 2.49 bits per heavy atom. The summed E-state index contributed by atoms with van der Waals surface area (Å²) >= 11 is 0. The molecular formula is C32H45FN6O4. The van der Waals surface area contributed by atoms with Crippen molar-refractivity contribution in [3.8, 4) is 5.88 Å². The average molecular weight is 597 g/mol. The molecule has 4 heterocycles. The highest BCUT2D eigenvalue weighted by Gasteiger charge is 2.37. The number of rotatable bonds is 8. The molecule has 2 amide bonds. The van der Waals surface area contributed by atoms with Crippen LogP contribution in [-0.4, -0.2) is 103 Å². The third-order valence-corrected chi connectivity index (χ3v) is 8.70. The number of nitrogens with one attached hydrogen (secondary N) is 2. The summed E-state index contributed by atoms with van der Waals surface area (Å²) in [6.45, 7) is 14.7. The first kappa shape index (κ1) is 31.3. The van der Waals surface area contributed by atoms with Gasteiger partial charge in [-0.15, -0.1) is 0 Å².